The Kier molecular flexibility index (Phi) is 3.79. The number of nitrogens with zero attached hydrogens (tertiary/aromatic N) is 3. The molecule has 1 amide bonds. The first-order valence-corrected chi connectivity index (χ1v) is 8.61. The van der Waals surface area contributed by atoms with Crippen LogP contribution in [0.5, 0.6) is 5.75 Å². The van der Waals surface area contributed by atoms with E-state index in [-0.39, 0.29) is 17.9 Å². The molecule has 5 heteroatoms. The summed E-state index contributed by atoms with van der Waals surface area (Å²) >= 11 is 0. The maximum absolute atomic E-state index is 13.0. The van der Waals surface area contributed by atoms with Gasteiger partial charge in [0, 0.05) is 31.3 Å². The van der Waals surface area contributed by atoms with Gasteiger partial charge in [0.15, 0.2) is 0 Å². The van der Waals surface area contributed by atoms with Crippen molar-refractivity contribution < 1.29 is 9.53 Å². The molecule has 3 atom stereocenters. The van der Waals surface area contributed by atoms with Gasteiger partial charge in [-0.15, -0.1) is 0 Å². The summed E-state index contributed by atoms with van der Waals surface area (Å²) in [5.74, 6) is 1.57. The van der Waals surface area contributed by atoms with Crippen LogP contribution in [0.25, 0.3) is 0 Å². The number of aromatic nitrogens is 2. The average molecular weight is 325 g/mol. The van der Waals surface area contributed by atoms with Crippen molar-refractivity contribution in [3.63, 3.8) is 0 Å². The minimum absolute atomic E-state index is 0.0959. The van der Waals surface area contributed by atoms with Crippen LogP contribution in [0, 0.1) is 5.92 Å². The predicted octanol–water partition coefficient (Wildman–Crippen LogP) is 2.90. The molecule has 2 fully saturated rings. The number of methoxy groups -OCH3 is 1. The van der Waals surface area contributed by atoms with Crippen LogP contribution in [-0.4, -0.2) is 34.2 Å². The fourth-order valence-electron chi connectivity index (χ4n) is 3.99. The largest absolute Gasteiger partial charge is 0.496 e. The molecule has 3 unspecified atom stereocenters. The molecule has 1 aliphatic heterocycles. The fraction of sp³-hybridized carbons (Fsp3) is 0.474. The van der Waals surface area contributed by atoms with Crippen LogP contribution < -0.4 is 4.74 Å². The predicted molar refractivity (Wildman–Crippen MR) is 90.7 cm³/mol. The number of hydrogen-bond acceptors (Lipinski definition) is 3. The Morgan fingerprint density at radius 3 is 2.92 bits per heavy atom. The molecule has 1 saturated carbocycles. The maximum atomic E-state index is 13.0. The Morgan fingerprint density at radius 1 is 1.33 bits per heavy atom. The van der Waals surface area contributed by atoms with Gasteiger partial charge in [0.1, 0.15) is 5.75 Å². The van der Waals surface area contributed by atoms with Gasteiger partial charge in [-0.25, -0.2) is 0 Å². The van der Waals surface area contributed by atoms with E-state index in [2.05, 4.69) is 16.1 Å². The number of amides is 1. The Labute approximate surface area is 142 Å². The summed E-state index contributed by atoms with van der Waals surface area (Å²) in [4.78, 5) is 15.1. The molecule has 1 aromatic heterocycles. The molecule has 0 spiro atoms. The molecule has 2 aromatic rings. The second-order valence-corrected chi connectivity index (χ2v) is 6.83. The smallest absolute Gasteiger partial charge is 0.226 e. The van der Waals surface area contributed by atoms with Crippen LogP contribution in [0.3, 0.4) is 0 Å². The van der Waals surface area contributed by atoms with Crippen LogP contribution in [0.4, 0.5) is 0 Å². The number of carbonyl (C=O) groups excluding carboxylic acids is 1. The number of para-hydroxylation sites is 1. The molecule has 0 bridgehead atoms. The Balaban J connectivity index is 1.50. The van der Waals surface area contributed by atoms with E-state index in [1.807, 2.05) is 42.3 Å². The molecular weight excluding hydrogens is 302 g/mol. The van der Waals surface area contributed by atoms with Crippen molar-refractivity contribution in [1.29, 1.82) is 0 Å². The van der Waals surface area contributed by atoms with E-state index in [9.17, 15) is 4.79 Å². The second-order valence-electron chi connectivity index (χ2n) is 6.83. The van der Waals surface area contributed by atoms with Crippen LogP contribution in [0.1, 0.15) is 42.3 Å². The van der Waals surface area contributed by atoms with Crippen LogP contribution in [0.15, 0.2) is 36.7 Å². The number of likely N-dealkylation sites (tertiary alicyclic amines) is 1. The van der Waals surface area contributed by atoms with Crippen molar-refractivity contribution in [2.45, 2.75) is 31.2 Å². The van der Waals surface area contributed by atoms with Crippen LogP contribution in [-0.2, 0) is 11.8 Å². The number of ether oxygens (including phenoxy) is 1. The molecule has 2 heterocycles. The standard InChI is InChI=1S/C19H23N3O2/c1-21-12-13(11-20-21)17-7-5-9-22(17)19(23)16-10-15(16)14-6-3-4-8-18(14)24-2/h3-4,6,8,11-12,15-17H,5,7,9-10H2,1-2H3. The molecule has 126 valence electrons. The van der Waals surface area contributed by atoms with Gasteiger partial charge >= 0.3 is 0 Å². The summed E-state index contributed by atoms with van der Waals surface area (Å²) in [7, 11) is 3.61. The Hall–Kier alpha value is -2.30. The van der Waals surface area contributed by atoms with E-state index in [1.54, 1.807) is 7.11 Å². The van der Waals surface area contributed by atoms with Gasteiger partial charge in [-0.2, -0.15) is 5.10 Å². The first kappa shape index (κ1) is 15.2. The lowest BCUT2D eigenvalue weighted by Crippen LogP contribution is -2.32. The summed E-state index contributed by atoms with van der Waals surface area (Å²) in [6, 6.07) is 8.24. The molecule has 0 N–H and O–H groups in total. The molecule has 4 rings (SSSR count). The minimum atomic E-state index is 0.0959. The summed E-state index contributed by atoms with van der Waals surface area (Å²) in [6.07, 6.45) is 6.94. The molecule has 1 aliphatic carbocycles. The van der Waals surface area contributed by atoms with E-state index in [0.29, 0.717) is 5.92 Å². The molecule has 0 radical (unpaired) electrons. The number of hydrogen-bond donors (Lipinski definition) is 0. The number of aryl methyl sites for hydroxylation is 1. The summed E-state index contributed by atoms with van der Waals surface area (Å²) in [5, 5.41) is 4.26. The van der Waals surface area contributed by atoms with Gasteiger partial charge in [0.05, 0.1) is 19.3 Å². The third kappa shape index (κ3) is 2.58. The maximum Gasteiger partial charge on any atom is 0.226 e. The van der Waals surface area contributed by atoms with E-state index in [4.69, 9.17) is 4.74 Å². The highest BCUT2D eigenvalue weighted by Gasteiger charge is 2.48. The zero-order chi connectivity index (χ0) is 16.7. The lowest BCUT2D eigenvalue weighted by Gasteiger charge is -2.24. The van der Waals surface area contributed by atoms with Gasteiger partial charge in [-0.3, -0.25) is 9.48 Å². The van der Waals surface area contributed by atoms with E-state index in [1.165, 1.54) is 0 Å². The minimum Gasteiger partial charge on any atom is -0.496 e. The molecule has 1 aromatic carbocycles. The average Bonchev–Trinajstić information content (AvgIpc) is 3.02. The van der Waals surface area contributed by atoms with E-state index in [0.717, 1.165) is 42.7 Å². The van der Waals surface area contributed by atoms with Gasteiger partial charge in [-0.05, 0) is 36.8 Å². The molecule has 2 aliphatic rings. The Morgan fingerprint density at radius 2 is 2.17 bits per heavy atom. The van der Waals surface area contributed by atoms with Gasteiger partial charge < -0.3 is 9.64 Å². The highest BCUT2D eigenvalue weighted by atomic mass is 16.5. The molecular formula is C19H23N3O2. The van der Waals surface area contributed by atoms with Crippen molar-refractivity contribution in [2.75, 3.05) is 13.7 Å². The summed E-state index contributed by atoms with van der Waals surface area (Å²) in [5.41, 5.74) is 2.31. The van der Waals surface area contributed by atoms with E-state index < -0.39 is 0 Å². The third-order valence-corrected chi connectivity index (χ3v) is 5.29. The van der Waals surface area contributed by atoms with Crippen molar-refractivity contribution in [2.24, 2.45) is 13.0 Å². The second kappa shape index (κ2) is 5.96. The van der Waals surface area contributed by atoms with Crippen molar-refractivity contribution in [1.82, 2.24) is 14.7 Å². The number of benzene rings is 1. The summed E-state index contributed by atoms with van der Waals surface area (Å²) in [6.45, 7) is 0.855. The third-order valence-electron chi connectivity index (χ3n) is 5.29. The topological polar surface area (TPSA) is 47.4 Å². The van der Waals surface area contributed by atoms with E-state index >= 15 is 0 Å². The SMILES string of the molecule is COc1ccccc1C1CC1C(=O)N1CCCC1c1cnn(C)c1. The zero-order valence-corrected chi connectivity index (χ0v) is 14.2. The normalized spacial score (nSPS) is 25.8. The number of carbonyl (C=O) groups is 1. The highest BCUT2D eigenvalue weighted by molar-refractivity contribution is 5.84. The first-order chi connectivity index (χ1) is 11.7. The highest BCUT2D eigenvalue weighted by Crippen LogP contribution is 2.52. The lowest BCUT2D eigenvalue weighted by atomic mass is 10.1. The summed E-state index contributed by atoms with van der Waals surface area (Å²) < 4.78 is 7.27. The quantitative estimate of drug-likeness (QED) is 0.868. The molecule has 24 heavy (non-hydrogen) atoms. The van der Waals surface area contributed by atoms with Crippen LogP contribution >= 0.6 is 0 Å². The van der Waals surface area contributed by atoms with Gasteiger partial charge in [-0.1, -0.05) is 18.2 Å². The van der Waals surface area contributed by atoms with Crippen LogP contribution in [0.2, 0.25) is 0 Å². The monoisotopic (exact) mass is 325 g/mol. The number of rotatable bonds is 4. The van der Waals surface area contributed by atoms with Gasteiger partial charge in [0.25, 0.3) is 0 Å². The molecule has 1 saturated heterocycles. The lowest BCUT2D eigenvalue weighted by molar-refractivity contribution is -0.133. The Bertz CT molecular complexity index is 755. The first-order valence-electron chi connectivity index (χ1n) is 8.61. The van der Waals surface area contributed by atoms with Crippen molar-refractivity contribution in [3.05, 3.63) is 47.8 Å². The van der Waals surface area contributed by atoms with Crippen molar-refractivity contribution in [3.8, 4) is 5.75 Å². The van der Waals surface area contributed by atoms with Crippen molar-refractivity contribution >= 4 is 5.91 Å². The fourth-order valence-corrected chi connectivity index (χ4v) is 3.99. The molecule has 5 nitrogen and oxygen atoms in total. The zero-order valence-electron chi connectivity index (χ0n) is 14.2. The van der Waals surface area contributed by atoms with Gasteiger partial charge in [0.2, 0.25) is 5.91 Å².